The molecule has 0 saturated heterocycles. The van der Waals surface area contributed by atoms with Gasteiger partial charge in [-0.2, -0.15) is 0 Å². The molecule has 0 bridgehead atoms. The number of amides is 2. The van der Waals surface area contributed by atoms with E-state index in [0.717, 1.165) is 35.7 Å². The van der Waals surface area contributed by atoms with Crippen LogP contribution in [0.5, 0.6) is 0 Å². The van der Waals surface area contributed by atoms with Crippen LogP contribution in [0.4, 0.5) is 5.82 Å². The second-order valence-electron chi connectivity index (χ2n) is 6.14. The van der Waals surface area contributed by atoms with Gasteiger partial charge < -0.3 is 10.6 Å². The van der Waals surface area contributed by atoms with Crippen molar-refractivity contribution in [3.8, 4) is 0 Å². The van der Waals surface area contributed by atoms with Crippen molar-refractivity contribution in [2.75, 3.05) is 11.9 Å². The van der Waals surface area contributed by atoms with Crippen molar-refractivity contribution in [1.82, 2.24) is 20.3 Å². The Morgan fingerprint density at radius 2 is 2.00 bits per heavy atom. The fraction of sp³-hybridized carbons (Fsp3) is 0.412. The maximum atomic E-state index is 12.0. The average Bonchev–Trinajstić information content (AvgIpc) is 2.94. The van der Waals surface area contributed by atoms with Crippen molar-refractivity contribution < 1.29 is 9.59 Å². The molecular formula is C17H20BrN5O2. The normalized spacial score (nSPS) is 14.0. The zero-order chi connectivity index (χ0) is 17.6. The summed E-state index contributed by atoms with van der Waals surface area (Å²) in [6.45, 7) is 0.632. The number of rotatable bonds is 7. The summed E-state index contributed by atoms with van der Waals surface area (Å²) in [4.78, 5) is 23.8. The van der Waals surface area contributed by atoms with Gasteiger partial charge in [-0.25, -0.2) is 4.68 Å². The third kappa shape index (κ3) is 5.12. The molecule has 2 aromatic rings. The van der Waals surface area contributed by atoms with Crippen molar-refractivity contribution in [3.63, 3.8) is 0 Å². The van der Waals surface area contributed by atoms with Crippen molar-refractivity contribution >= 4 is 33.6 Å². The van der Waals surface area contributed by atoms with Gasteiger partial charge in [-0.05, 0) is 37.0 Å². The molecule has 132 valence electrons. The van der Waals surface area contributed by atoms with Crippen LogP contribution in [0.1, 0.15) is 24.8 Å². The third-order valence-electron chi connectivity index (χ3n) is 4.22. The molecule has 0 aliphatic heterocycles. The topological polar surface area (TPSA) is 88.9 Å². The maximum absolute atomic E-state index is 12.0. The smallest absolute Gasteiger partial charge is 0.241 e. The number of anilines is 1. The first-order chi connectivity index (χ1) is 12.1. The Hall–Kier alpha value is -2.22. The minimum absolute atomic E-state index is 0.0164. The molecular weight excluding hydrogens is 386 g/mol. The summed E-state index contributed by atoms with van der Waals surface area (Å²) in [5.74, 6) is 0.322. The van der Waals surface area contributed by atoms with Gasteiger partial charge in [0, 0.05) is 16.9 Å². The molecule has 1 aliphatic rings. The van der Waals surface area contributed by atoms with E-state index < -0.39 is 0 Å². The summed E-state index contributed by atoms with van der Waals surface area (Å²) in [5.41, 5.74) is 1.16. The minimum atomic E-state index is -0.140. The van der Waals surface area contributed by atoms with Gasteiger partial charge in [-0.3, -0.25) is 9.59 Å². The van der Waals surface area contributed by atoms with Crippen LogP contribution in [0.2, 0.25) is 0 Å². The van der Waals surface area contributed by atoms with Gasteiger partial charge in [-0.1, -0.05) is 39.7 Å². The molecule has 2 N–H and O–H groups in total. The number of nitrogens with one attached hydrogen (secondary N) is 2. The van der Waals surface area contributed by atoms with Crippen LogP contribution < -0.4 is 10.6 Å². The van der Waals surface area contributed by atoms with E-state index in [1.54, 1.807) is 6.20 Å². The summed E-state index contributed by atoms with van der Waals surface area (Å²) in [5, 5.41) is 13.3. The monoisotopic (exact) mass is 405 g/mol. The molecule has 1 aliphatic carbocycles. The SMILES string of the molecule is O=C(Cn1cc(NC(=O)C2CCC2)nn1)NCCc1ccc(Br)cc1. The van der Waals surface area contributed by atoms with Gasteiger partial charge in [0.2, 0.25) is 11.8 Å². The van der Waals surface area contributed by atoms with Crippen LogP contribution in [-0.2, 0) is 22.6 Å². The molecule has 1 aromatic heterocycles. The summed E-state index contributed by atoms with van der Waals surface area (Å²) in [7, 11) is 0. The molecule has 25 heavy (non-hydrogen) atoms. The quantitative estimate of drug-likeness (QED) is 0.738. The van der Waals surface area contributed by atoms with E-state index >= 15 is 0 Å². The molecule has 1 aromatic carbocycles. The van der Waals surface area contributed by atoms with E-state index in [9.17, 15) is 9.59 Å². The van der Waals surface area contributed by atoms with Crippen molar-refractivity contribution in [2.24, 2.45) is 5.92 Å². The predicted octanol–water partition coefficient (Wildman–Crippen LogP) is 2.14. The van der Waals surface area contributed by atoms with Crippen molar-refractivity contribution in [1.29, 1.82) is 0 Å². The zero-order valence-electron chi connectivity index (χ0n) is 13.7. The van der Waals surface area contributed by atoms with Crippen LogP contribution in [0, 0.1) is 5.92 Å². The van der Waals surface area contributed by atoms with Crippen LogP contribution >= 0.6 is 15.9 Å². The Morgan fingerprint density at radius 1 is 1.24 bits per heavy atom. The standard InChI is InChI=1S/C17H20BrN5O2/c18-14-6-4-12(5-7-14)8-9-19-16(24)11-23-10-15(21-22-23)20-17(25)13-2-1-3-13/h4-7,10,13H,1-3,8-9,11H2,(H,19,24)(H,20,25). The van der Waals surface area contributed by atoms with Gasteiger partial charge in [0.05, 0.1) is 6.20 Å². The van der Waals surface area contributed by atoms with Crippen LogP contribution in [0.3, 0.4) is 0 Å². The second-order valence-corrected chi connectivity index (χ2v) is 7.06. The molecule has 0 spiro atoms. The molecule has 0 radical (unpaired) electrons. The molecule has 1 saturated carbocycles. The van der Waals surface area contributed by atoms with Crippen molar-refractivity contribution in [2.45, 2.75) is 32.2 Å². The number of carbonyl (C=O) groups is 2. The molecule has 3 rings (SSSR count). The summed E-state index contributed by atoms with van der Waals surface area (Å²) in [6.07, 6.45) is 5.30. The Morgan fingerprint density at radius 3 is 2.68 bits per heavy atom. The molecule has 1 heterocycles. The highest BCUT2D eigenvalue weighted by atomic mass is 79.9. The van der Waals surface area contributed by atoms with Crippen LogP contribution in [-0.4, -0.2) is 33.4 Å². The first-order valence-electron chi connectivity index (χ1n) is 8.32. The number of aromatic nitrogens is 3. The lowest BCUT2D eigenvalue weighted by Crippen LogP contribution is -2.29. The van der Waals surface area contributed by atoms with Gasteiger partial charge in [0.15, 0.2) is 5.82 Å². The van der Waals surface area contributed by atoms with Crippen molar-refractivity contribution in [3.05, 3.63) is 40.5 Å². The third-order valence-corrected chi connectivity index (χ3v) is 4.75. The maximum Gasteiger partial charge on any atom is 0.241 e. The summed E-state index contributed by atoms with van der Waals surface area (Å²) in [6, 6.07) is 7.99. The molecule has 0 unspecified atom stereocenters. The lowest BCUT2D eigenvalue weighted by atomic mass is 9.85. The van der Waals surface area contributed by atoms with Crippen LogP contribution in [0.25, 0.3) is 0 Å². The molecule has 7 nitrogen and oxygen atoms in total. The Labute approximate surface area is 154 Å². The first kappa shape index (κ1) is 17.6. The number of halogens is 1. The van der Waals surface area contributed by atoms with E-state index in [1.165, 1.54) is 4.68 Å². The van der Waals surface area contributed by atoms with E-state index in [-0.39, 0.29) is 24.3 Å². The average molecular weight is 406 g/mol. The van der Waals surface area contributed by atoms with Crippen LogP contribution in [0.15, 0.2) is 34.9 Å². The largest absolute Gasteiger partial charge is 0.354 e. The predicted molar refractivity (Wildman–Crippen MR) is 96.8 cm³/mol. The molecule has 8 heteroatoms. The Bertz CT molecular complexity index is 740. The van der Waals surface area contributed by atoms with E-state index in [4.69, 9.17) is 0 Å². The number of carbonyl (C=O) groups excluding carboxylic acids is 2. The lowest BCUT2D eigenvalue weighted by Gasteiger charge is -2.23. The van der Waals surface area contributed by atoms with Gasteiger partial charge in [-0.15, -0.1) is 5.10 Å². The van der Waals surface area contributed by atoms with Gasteiger partial charge in [0.1, 0.15) is 6.54 Å². The van der Waals surface area contributed by atoms with Gasteiger partial charge >= 0.3 is 0 Å². The lowest BCUT2D eigenvalue weighted by molar-refractivity contribution is -0.122. The summed E-state index contributed by atoms with van der Waals surface area (Å²) < 4.78 is 2.46. The molecule has 1 fully saturated rings. The number of hydrogen-bond donors (Lipinski definition) is 2. The number of benzene rings is 1. The fourth-order valence-electron chi connectivity index (χ4n) is 2.53. The second kappa shape index (κ2) is 8.24. The zero-order valence-corrected chi connectivity index (χ0v) is 15.3. The molecule has 2 amide bonds. The molecule has 0 atom stereocenters. The van der Waals surface area contributed by atoms with E-state index in [0.29, 0.717) is 12.4 Å². The van der Waals surface area contributed by atoms with E-state index in [2.05, 4.69) is 36.9 Å². The Kier molecular flexibility index (Phi) is 5.80. The van der Waals surface area contributed by atoms with E-state index in [1.807, 2.05) is 24.3 Å². The number of hydrogen-bond acceptors (Lipinski definition) is 4. The first-order valence-corrected chi connectivity index (χ1v) is 9.11. The Balaban J connectivity index is 1.40. The highest BCUT2D eigenvalue weighted by molar-refractivity contribution is 9.10. The highest BCUT2D eigenvalue weighted by Crippen LogP contribution is 2.27. The number of nitrogens with zero attached hydrogens (tertiary/aromatic N) is 3. The highest BCUT2D eigenvalue weighted by Gasteiger charge is 2.25. The minimum Gasteiger partial charge on any atom is -0.354 e. The van der Waals surface area contributed by atoms with Gasteiger partial charge in [0.25, 0.3) is 0 Å². The summed E-state index contributed by atoms with van der Waals surface area (Å²) >= 11 is 3.39. The fourth-order valence-corrected chi connectivity index (χ4v) is 2.80.